The summed E-state index contributed by atoms with van der Waals surface area (Å²) in [4.78, 5) is 11.3. The first-order chi connectivity index (χ1) is 8.87. The summed E-state index contributed by atoms with van der Waals surface area (Å²) in [7, 11) is -3.04. The quantitative estimate of drug-likeness (QED) is 0.822. The van der Waals surface area contributed by atoms with Crippen LogP contribution >= 0.6 is 15.9 Å². The molecule has 1 atom stereocenters. The van der Waals surface area contributed by atoms with Crippen molar-refractivity contribution in [2.45, 2.75) is 25.7 Å². The molecule has 0 saturated heterocycles. The van der Waals surface area contributed by atoms with Crippen molar-refractivity contribution in [2.75, 3.05) is 11.5 Å². The number of carbonyl (C=O) groups is 1. The minimum atomic E-state index is -3.04. The second-order valence-electron chi connectivity index (χ2n) is 4.29. The van der Waals surface area contributed by atoms with Crippen molar-refractivity contribution in [2.24, 2.45) is 0 Å². The molecule has 1 aromatic rings. The van der Waals surface area contributed by atoms with Crippen LogP contribution in [0.4, 0.5) is 0 Å². The summed E-state index contributed by atoms with van der Waals surface area (Å²) in [5, 5.41) is 9.27. The molecule has 1 rings (SSSR count). The van der Waals surface area contributed by atoms with Crippen molar-refractivity contribution in [3.05, 3.63) is 34.3 Å². The average Bonchev–Trinajstić information content (AvgIpc) is 2.35. The van der Waals surface area contributed by atoms with Gasteiger partial charge in [0.15, 0.2) is 0 Å². The van der Waals surface area contributed by atoms with Crippen LogP contribution in [-0.2, 0) is 14.6 Å². The fourth-order valence-electron chi connectivity index (χ4n) is 1.82. The van der Waals surface area contributed by atoms with Gasteiger partial charge in [-0.25, -0.2) is 8.42 Å². The van der Waals surface area contributed by atoms with Gasteiger partial charge in [-0.15, -0.1) is 0 Å². The number of hydrogen-bond donors (Lipinski definition) is 1. The van der Waals surface area contributed by atoms with Gasteiger partial charge in [-0.3, -0.25) is 4.79 Å². The molecule has 0 amide bonds. The lowest BCUT2D eigenvalue weighted by atomic mass is 9.95. The maximum absolute atomic E-state index is 11.4. The van der Waals surface area contributed by atoms with Crippen LogP contribution in [0.5, 0.6) is 0 Å². The summed E-state index contributed by atoms with van der Waals surface area (Å²) in [6.45, 7) is 1.60. The summed E-state index contributed by atoms with van der Waals surface area (Å²) in [6, 6.07) is 7.12. The summed E-state index contributed by atoms with van der Waals surface area (Å²) in [5.74, 6) is -1.47. The molecule has 0 aromatic heterocycles. The van der Waals surface area contributed by atoms with Gasteiger partial charge in [0, 0.05) is 10.2 Å². The smallest absolute Gasteiger partial charge is 0.311 e. The average molecular weight is 349 g/mol. The van der Waals surface area contributed by atoms with E-state index in [4.69, 9.17) is 0 Å². The van der Waals surface area contributed by atoms with Crippen LogP contribution in [0.1, 0.15) is 31.2 Å². The number of sulfone groups is 1. The highest BCUT2D eigenvalue weighted by Crippen LogP contribution is 2.28. The van der Waals surface area contributed by atoms with E-state index in [9.17, 15) is 18.3 Å². The van der Waals surface area contributed by atoms with E-state index in [1.54, 1.807) is 25.1 Å². The van der Waals surface area contributed by atoms with Gasteiger partial charge >= 0.3 is 5.97 Å². The molecule has 0 spiro atoms. The maximum atomic E-state index is 11.4. The Morgan fingerprint density at radius 1 is 1.37 bits per heavy atom. The lowest BCUT2D eigenvalue weighted by Crippen LogP contribution is -2.15. The minimum Gasteiger partial charge on any atom is -0.481 e. The topological polar surface area (TPSA) is 71.4 Å². The monoisotopic (exact) mass is 348 g/mol. The van der Waals surface area contributed by atoms with Crippen LogP contribution in [0.2, 0.25) is 0 Å². The second-order valence-corrected chi connectivity index (χ2v) is 7.62. The molecule has 0 aliphatic rings. The van der Waals surface area contributed by atoms with E-state index in [1.807, 2.05) is 6.07 Å². The van der Waals surface area contributed by atoms with E-state index in [0.29, 0.717) is 18.4 Å². The van der Waals surface area contributed by atoms with E-state index in [0.717, 1.165) is 4.47 Å². The lowest BCUT2D eigenvalue weighted by molar-refractivity contribution is -0.139. The van der Waals surface area contributed by atoms with Gasteiger partial charge in [0.05, 0.1) is 11.7 Å². The third-order valence-electron chi connectivity index (χ3n) is 2.97. The Kier molecular flexibility index (Phi) is 6.00. The van der Waals surface area contributed by atoms with Crippen LogP contribution in [0.15, 0.2) is 28.7 Å². The molecule has 0 saturated carbocycles. The molecule has 1 unspecified atom stereocenters. The van der Waals surface area contributed by atoms with Gasteiger partial charge in [-0.1, -0.05) is 41.1 Å². The molecular weight excluding hydrogens is 332 g/mol. The first-order valence-electron chi connectivity index (χ1n) is 6.05. The van der Waals surface area contributed by atoms with Crippen LogP contribution in [0, 0.1) is 0 Å². The fraction of sp³-hybridized carbons (Fsp3) is 0.462. The lowest BCUT2D eigenvalue weighted by Gasteiger charge is -2.14. The van der Waals surface area contributed by atoms with Gasteiger partial charge in [0.25, 0.3) is 0 Å². The molecule has 0 bridgehead atoms. The van der Waals surface area contributed by atoms with Gasteiger partial charge in [-0.2, -0.15) is 0 Å². The van der Waals surface area contributed by atoms with Crippen LogP contribution in [0.3, 0.4) is 0 Å². The number of hydrogen-bond acceptors (Lipinski definition) is 3. The number of aliphatic carboxylic acids is 1. The molecular formula is C13H17BrO4S. The first-order valence-corrected chi connectivity index (χ1v) is 8.66. The molecule has 0 aliphatic carbocycles. The molecule has 106 valence electrons. The number of benzene rings is 1. The SMILES string of the molecule is CCS(=O)(=O)CCCC(C(=O)O)c1ccccc1Br. The summed E-state index contributed by atoms with van der Waals surface area (Å²) in [6.07, 6.45) is 0.672. The number of rotatable bonds is 7. The van der Waals surface area contributed by atoms with Gasteiger partial charge in [0.2, 0.25) is 0 Å². The Bertz CT molecular complexity index is 539. The molecule has 1 N–H and O–H groups in total. The van der Waals surface area contributed by atoms with E-state index in [2.05, 4.69) is 15.9 Å². The first kappa shape index (κ1) is 16.2. The highest BCUT2D eigenvalue weighted by Gasteiger charge is 2.22. The van der Waals surface area contributed by atoms with Crippen LogP contribution < -0.4 is 0 Å². The van der Waals surface area contributed by atoms with Gasteiger partial charge in [-0.05, 0) is 24.5 Å². The molecule has 0 heterocycles. The zero-order valence-corrected chi connectivity index (χ0v) is 13.1. The zero-order chi connectivity index (χ0) is 14.5. The van der Waals surface area contributed by atoms with E-state index in [-0.39, 0.29) is 11.5 Å². The highest BCUT2D eigenvalue weighted by molar-refractivity contribution is 9.10. The van der Waals surface area contributed by atoms with E-state index < -0.39 is 21.7 Å². The summed E-state index contributed by atoms with van der Waals surface area (Å²) in [5.41, 5.74) is 0.684. The third kappa shape index (κ3) is 4.95. The molecule has 0 fully saturated rings. The van der Waals surface area contributed by atoms with Gasteiger partial charge < -0.3 is 5.11 Å². The molecule has 4 nitrogen and oxygen atoms in total. The third-order valence-corrected chi connectivity index (χ3v) is 5.48. The number of halogens is 1. The van der Waals surface area contributed by atoms with Gasteiger partial charge in [0.1, 0.15) is 9.84 Å². The Morgan fingerprint density at radius 3 is 2.53 bits per heavy atom. The fourth-order valence-corrected chi connectivity index (χ4v) is 3.28. The van der Waals surface area contributed by atoms with Crippen LogP contribution in [-0.4, -0.2) is 31.0 Å². The largest absolute Gasteiger partial charge is 0.481 e. The molecule has 19 heavy (non-hydrogen) atoms. The Balaban J connectivity index is 2.76. The Labute approximate surface area is 121 Å². The second kappa shape index (κ2) is 7.05. The van der Waals surface area contributed by atoms with E-state index >= 15 is 0 Å². The number of carboxylic acid groups (broad SMARTS) is 1. The van der Waals surface area contributed by atoms with Crippen molar-refractivity contribution >= 4 is 31.7 Å². The predicted molar refractivity (Wildman–Crippen MR) is 78.1 cm³/mol. The zero-order valence-electron chi connectivity index (χ0n) is 10.7. The molecule has 6 heteroatoms. The predicted octanol–water partition coefficient (Wildman–Crippen LogP) is 2.83. The number of carboxylic acids is 1. The minimum absolute atomic E-state index is 0.0394. The summed E-state index contributed by atoms with van der Waals surface area (Å²) >= 11 is 3.33. The van der Waals surface area contributed by atoms with Crippen molar-refractivity contribution < 1.29 is 18.3 Å². The molecule has 0 aliphatic heterocycles. The van der Waals surface area contributed by atoms with Crippen molar-refractivity contribution in [3.63, 3.8) is 0 Å². The van der Waals surface area contributed by atoms with Crippen molar-refractivity contribution in [3.8, 4) is 0 Å². The van der Waals surface area contributed by atoms with Crippen molar-refractivity contribution in [1.29, 1.82) is 0 Å². The molecule has 0 radical (unpaired) electrons. The maximum Gasteiger partial charge on any atom is 0.311 e. The highest BCUT2D eigenvalue weighted by atomic mass is 79.9. The Hall–Kier alpha value is -0.880. The van der Waals surface area contributed by atoms with Crippen LogP contribution in [0.25, 0.3) is 0 Å². The standard InChI is InChI=1S/C13H17BrO4S/c1-2-19(17,18)9-5-7-11(13(15)16)10-6-3-4-8-12(10)14/h3-4,6,8,11H,2,5,7,9H2,1H3,(H,15,16). The normalized spacial score (nSPS) is 13.2. The van der Waals surface area contributed by atoms with Crippen molar-refractivity contribution in [1.82, 2.24) is 0 Å². The summed E-state index contributed by atoms with van der Waals surface area (Å²) < 4.78 is 23.5. The molecule has 1 aromatic carbocycles. The van der Waals surface area contributed by atoms with E-state index in [1.165, 1.54) is 0 Å². The Morgan fingerprint density at radius 2 is 2.00 bits per heavy atom.